The van der Waals surface area contributed by atoms with Crippen LogP contribution in [-0.2, 0) is 10.0 Å². The van der Waals surface area contributed by atoms with Crippen LogP contribution in [0.2, 0.25) is 0 Å². The van der Waals surface area contributed by atoms with Crippen molar-refractivity contribution in [2.45, 2.75) is 50.3 Å². The summed E-state index contributed by atoms with van der Waals surface area (Å²) in [5.74, 6) is 0.484. The average molecular weight is 362 g/mol. The van der Waals surface area contributed by atoms with Gasteiger partial charge >= 0.3 is 0 Å². The molecule has 1 atom stereocenters. The average Bonchev–Trinajstić information content (AvgIpc) is 2.41. The van der Waals surface area contributed by atoms with E-state index < -0.39 is 10.0 Å². The Kier molecular flexibility index (Phi) is 6.69. The number of nitrogens with one attached hydrogen (secondary N) is 1. The molecule has 0 aromatic heterocycles. The lowest BCUT2D eigenvalue weighted by atomic mass is 10.00. The first-order chi connectivity index (χ1) is 9.31. The Morgan fingerprint density at radius 1 is 1.15 bits per heavy atom. The van der Waals surface area contributed by atoms with Crippen molar-refractivity contribution in [1.29, 1.82) is 0 Å². The second kappa shape index (κ2) is 7.57. The second-order valence-corrected chi connectivity index (χ2v) is 8.13. The van der Waals surface area contributed by atoms with Crippen LogP contribution < -0.4 is 4.72 Å². The first-order valence-electron chi connectivity index (χ1n) is 7.02. The van der Waals surface area contributed by atoms with Gasteiger partial charge in [-0.1, -0.05) is 48.7 Å². The molecule has 0 saturated heterocycles. The van der Waals surface area contributed by atoms with Gasteiger partial charge in [0, 0.05) is 11.4 Å². The van der Waals surface area contributed by atoms with E-state index in [2.05, 4.69) is 34.5 Å². The van der Waals surface area contributed by atoms with Gasteiger partial charge in [-0.15, -0.1) is 0 Å². The topological polar surface area (TPSA) is 46.2 Å². The molecule has 0 aliphatic rings. The summed E-state index contributed by atoms with van der Waals surface area (Å²) in [5.41, 5.74) is 2.09. The minimum absolute atomic E-state index is 0.166. The number of alkyl halides is 1. The number of sulfonamides is 1. The third kappa shape index (κ3) is 4.57. The molecule has 114 valence electrons. The molecule has 0 fully saturated rings. The van der Waals surface area contributed by atoms with Gasteiger partial charge in [0.25, 0.3) is 0 Å². The Balaban J connectivity index is 2.77. The summed E-state index contributed by atoms with van der Waals surface area (Å²) in [6, 6.07) is 5.22. The minimum atomic E-state index is -3.42. The van der Waals surface area contributed by atoms with Crippen LogP contribution in [0.5, 0.6) is 0 Å². The molecular formula is C15H24BrNO2S. The van der Waals surface area contributed by atoms with Crippen LogP contribution in [0, 0.1) is 19.8 Å². The highest BCUT2D eigenvalue weighted by atomic mass is 79.9. The lowest BCUT2D eigenvalue weighted by Gasteiger charge is -2.20. The van der Waals surface area contributed by atoms with E-state index in [9.17, 15) is 8.42 Å². The van der Waals surface area contributed by atoms with Crippen LogP contribution in [0.25, 0.3) is 0 Å². The highest BCUT2D eigenvalue weighted by molar-refractivity contribution is 9.09. The van der Waals surface area contributed by atoms with Gasteiger partial charge in [0.05, 0.1) is 4.90 Å². The Labute approximate surface area is 131 Å². The molecule has 1 aromatic carbocycles. The SMILES string of the molecule is CCC(CC)C(Br)CNS(=O)(=O)c1ccc(C)c(C)c1. The summed E-state index contributed by atoms with van der Waals surface area (Å²) >= 11 is 3.59. The molecule has 5 heteroatoms. The minimum Gasteiger partial charge on any atom is -0.210 e. The molecule has 0 radical (unpaired) electrons. The smallest absolute Gasteiger partial charge is 0.210 e. The van der Waals surface area contributed by atoms with Crippen LogP contribution in [0.1, 0.15) is 37.8 Å². The van der Waals surface area contributed by atoms with Crippen molar-refractivity contribution < 1.29 is 8.42 Å². The van der Waals surface area contributed by atoms with Gasteiger partial charge < -0.3 is 0 Å². The summed E-state index contributed by atoms with van der Waals surface area (Å²) in [6.45, 7) is 8.56. The van der Waals surface area contributed by atoms with Crippen LogP contribution in [0.15, 0.2) is 23.1 Å². The van der Waals surface area contributed by atoms with Crippen molar-refractivity contribution in [3.63, 3.8) is 0 Å². The first-order valence-corrected chi connectivity index (χ1v) is 9.42. The molecule has 0 saturated carbocycles. The summed E-state index contributed by atoms with van der Waals surface area (Å²) < 4.78 is 27.2. The fourth-order valence-electron chi connectivity index (χ4n) is 2.12. The zero-order valence-corrected chi connectivity index (χ0v) is 15.0. The van der Waals surface area contributed by atoms with Crippen LogP contribution >= 0.6 is 15.9 Å². The molecular weight excluding hydrogens is 338 g/mol. The van der Waals surface area contributed by atoms with Gasteiger partial charge in [-0.3, -0.25) is 0 Å². The third-order valence-electron chi connectivity index (χ3n) is 3.82. The fraction of sp³-hybridized carbons (Fsp3) is 0.600. The van der Waals surface area contributed by atoms with Crippen LogP contribution in [0.3, 0.4) is 0 Å². The van der Waals surface area contributed by atoms with Crippen molar-refractivity contribution in [1.82, 2.24) is 4.72 Å². The summed E-state index contributed by atoms with van der Waals surface area (Å²) in [7, 11) is -3.42. The Morgan fingerprint density at radius 3 is 2.25 bits per heavy atom. The molecule has 0 bridgehead atoms. The number of hydrogen-bond donors (Lipinski definition) is 1. The zero-order chi connectivity index (χ0) is 15.3. The van der Waals surface area contributed by atoms with E-state index in [0.717, 1.165) is 24.0 Å². The maximum absolute atomic E-state index is 12.3. The van der Waals surface area contributed by atoms with E-state index in [-0.39, 0.29) is 4.83 Å². The Hall–Kier alpha value is -0.390. The first kappa shape index (κ1) is 17.7. The summed E-state index contributed by atoms with van der Waals surface area (Å²) in [6.07, 6.45) is 2.08. The van der Waals surface area contributed by atoms with E-state index in [1.807, 2.05) is 19.9 Å². The van der Waals surface area contributed by atoms with E-state index >= 15 is 0 Å². The summed E-state index contributed by atoms with van der Waals surface area (Å²) in [5, 5.41) is 0. The highest BCUT2D eigenvalue weighted by Gasteiger charge is 2.20. The molecule has 0 heterocycles. The second-order valence-electron chi connectivity index (χ2n) is 5.19. The van der Waals surface area contributed by atoms with E-state index in [4.69, 9.17) is 0 Å². The predicted octanol–water partition coefficient (Wildman–Crippen LogP) is 3.78. The molecule has 1 rings (SSSR count). The van der Waals surface area contributed by atoms with Crippen molar-refractivity contribution in [3.05, 3.63) is 29.3 Å². The molecule has 20 heavy (non-hydrogen) atoms. The van der Waals surface area contributed by atoms with Gasteiger partial charge in [0.15, 0.2) is 0 Å². The molecule has 1 N–H and O–H groups in total. The number of hydrogen-bond acceptors (Lipinski definition) is 2. The quantitative estimate of drug-likeness (QED) is 0.751. The Bertz CT molecular complexity index is 539. The van der Waals surface area contributed by atoms with Crippen molar-refractivity contribution in [2.75, 3.05) is 6.54 Å². The standard InChI is InChI=1S/C15H24BrNO2S/c1-5-13(6-2)15(16)10-17-20(18,19)14-8-7-11(3)12(4)9-14/h7-9,13,15,17H,5-6,10H2,1-4H3. The third-order valence-corrected chi connectivity index (χ3v) is 6.31. The normalized spacial score (nSPS) is 13.7. The Morgan fingerprint density at radius 2 is 1.75 bits per heavy atom. The summed E-state index contributed by atoms with van der Waals surface area (Å²) in [4.78, 5) is 0.503. The molecule has 3 nitrogen and oxygen atoms in total. The van der Waals surface area contributed by atoms with Crippen LogP contribution in [-0.4, -0.2) is 19.8 Å². The maximum Gasteiger partial charge on any atom is 0.240 e. The van der Waals surface area contributed by atoms with E-state index in [1.165, 1.54) is 0 Å². The maximum atomic E-state index is 12.3. The molecule has 0 amide bonds. The predicted molar refractivity (Wildman–Crippen MR) is 87.9 cm³/mol. The molecule has 1 aromatic rings. The number of rotatable bonds is 7. The molecule has 1 unspecified atom stereocenters. The van der Waals surface area contributed by atoms with Gasteiger partial charge in [-0.2, -0.15) is 0 Å². The van der Waals surface area contributed by atoms with Crippen molar-refractivity contribution in [2.24, 2.45) is 5.92 Å². The monoisotopic (exact) mass is 361 g/mol. The van der Waals surface area contributed by atoms with Crippen molar-refractivity contribution in [3.8, 4) is 0 Å². The molecule has 0 aliphatic carbocycles. The molecule has 0 spiro atoms. The largest absolute Gasteiger partial charge is 0.240 e. The van der Waals surface area contributed by atoms with Gasteiger partial charge in [0.2, 0.25) is 10.0 Å². The van der Waals surface area contributed by atoms with Crippen molar-refractivity contribution >= 4 is 26.0 Å². The zero-order valence-electron chi connectivity index (χ0n) is 12.6. The van der Waals surface area contributed by atoms with Gasteiger partial charge in [-0.05, 0) is 43.0 Å². The van der Waals surface area contributed by atoms with Crippen LogP contribution in [0.4, 0.5) is 0 Å². The number of halogens is 1. The fourth-order valence-corrected chi connectivity index (χ4v) is 4.39. The highest BCUT2D eigenvalue weighted by Crippen LogP contribution is 2.20. The number of aryl methyl sites for hydroxylation is 2. The van der Waals surface area contributed by atoms with Gasteiger partial charge in [-0.25, -0.2) is 13.1 Å². The number of benzene rings is 1. The van der Waals surface area contributed by atoms with Gasteiger partial charge in [0.1, 0.15) is 0 Å². The van der Waals surface area contributed by atoms with E-state index in [0.29, 0.717) is 17.4 Å². The molecule has 0 aliphatic heterocycles. The lowest BCUT2D eigenvalue weighted by Crippen LogP contribution is -2.33. The lowest BCUT2D eigenvalue weighted by molar-refractivity contribution is 0.471. The van der Waals surface area contributed by atoms with E-state index in [1.54, 1.807) is 12.1 Å².